The molecule has 1 aromatic rings. The highest BCUT2D eigenvalue weighted by Crippen LogP contribution is 2.51. The summed E-state index contributed by atoms with van der Waals surface area (Å²) < 4.78 is 5.89. The van der Waals surface area contributed by atoms with E-state index < -0.39 is 0 Å². The SMILES string of the molecule is CN1CCO[C@@H](CN(C(=O)CC(C2CC2)C2CC2)c2nccs2)C1. The van der Waals surface area contributed by atoms with Crippen LogP contribution in [0.25, 0.3) is 0 Å². The fourth-order valence-corrected chi connectivity index (χ4v) is 4.56. The molecule has 0 aromatic carbocycles. The number of hydrogen-bond donors (Lipinski definition) is 0. The van der Waals surface area contributed by atoms with Crippen molar-refractivity contribution in [2.75, 3.05) is 38.2 Å². The first-order valence-electron chi connectivity index (χ1n) is 9.20. The van der Waals surface area contributed by atoms with E-state index in [0.717, 1.165) is 36.7 Å². The fourth-order valence-electron chi connectivity index (χ4n) is 3.90. The Kier molecular flexibility index (Phi) is 4.88. The molecule has 0 unspecified atom stereocenters. The molecule has 3 aliphatic rings. The smallest absolute Gasteiger partial charge is 0.229 e. The van der Waals surface area contributed by atoms with Gasteiger partial charge in [0.15, 0.2) is 5.13 Å². The third kappa shape index (κ3) is 3.98. The van der Waals surface area contributed by atoms with Gasteiger partial charge in [-0.05, 0) is 50.5 Å². The molecule has 0 N–H and O–H groups in total. The Bertz CT molecular complexity index is 545. The molecule has 132 valence electrons. The van der Waals surface area contributed by atoms with Gasteiger partial charge in [0, 0.05) is 31.1 Å². The van der Waals surface area contributed by atoms with Crippen molar-refractivity contribution in [3.63, 3.8) is 0 Å². The second-order valence-electron chi connectivity index (χ2n) is 7.62. The molecule has 5 nitrogen and oxygen atoms in total. The first kappa shape index (κ1) is 16.5. The van der Waals surface area contributed by atoms with Crippen LogP contribution in [0, 0.1) is 17.8 Å². The number of ether oxygens (including phenoxy) is 1. The summed E-state index contributed by atoms with van der Waals surface area (Å²) in [4.78, 5) is 21.7. The van der Waals surface area contributed by atoms with Crippen LogP contribution in [0.3, 0.4) is 0 Å². The Morgan fingerprint density at radius 2 is 2.17 bits per heavy atom. The van der Waals surface area contributed by atoms with Crippen LogP contribution in [0.15, 0.2) is 11.6 Å². The van der Waals surface area contributed by atoms with Gasteiger partial charge in [0.05, 0.1) is 19.3 Å². The van der Waals surface area contributed by atoms with Crippen LogP contribution in [0.2, 0.25) is 0 Å². The maximum Gasteiger partial charge on any atom is 0.229 e. The van der Waals surface area contributed by atoms with E-state index in [9.17, 15) is 4.79 Å². The molecule has 1 aromatic heterocycles. The van der Waals surface area contributed by atoms with Crippen molar-refractivity contribution in [1.29, 1.82) is 0 Å². The van der Waals surface area contributed by atoms with Gasteiger partial charge in [0.1, 0.15) is 0 Å². The number of morpholine rings is 1. The molecular weight excluding hydrogens is 322 g/mol. The van der Waals surface area contributed by atoms with Crippen molar-refractivity contribution in [2.45, 2.75) is 38.2 Å². The number of carbonyl (C=O) groups is 1. The van der Waals surface area contributed by atoms with E-state index in [1.54, 1.807) is 17.5 Å². The lowest BCUT2D eigenvalue weighted by Gasteiger charge is -2.33. The minimum atomic E-state index is 0.0805. The molecule has 2 saturated carbocycles. The Labute approximate surface area is 148 Å². The molecule has 2 heterocycles. The van der Waals surface area contributed by atoms with Gasteiger partial charge in [0.2, 0.25) is 5.91 Å². The van der Waals surface area contributed by atoms with E-state index in [1.807, 2.05) is 10.3 Å². The number of rotatable bonds is 7. The zero-order chi connectivity index (χ0) is 16.5. The van der Waals surface area contributed by atoms with Gasteiger partial charge in [0.25, 0.3) is 0 Å². The van der Waals surface area contributed by atoms with Gasteiger partial charge in [-0.2, -0.15) is 0 Å². The van der Waals surface area contributed by atoms with Crippen LogP contribution in [-0.2, 0) is 9.53 Å². The zero-order valence-electron chi connectivity index (χ0n) is 14.4. The average molecular weight is 350 g/mol. The number of amides is 1. The third-order valence-electron chi connectivity index (χ3n) is 5.54. The van der Waals surface area contributed by atoms with E-state index in [0.29, 0.717) is 18.9 Å². The van der Waals surface area contributed by atoms with Gasteiger partial charge in [-0.3, -0.25) is 9.69 Å². The number of likely N-dealkylation sites (N-methyl/N-ethyl adjacent to an activating group) is 1. The van der Waals surface area contributed by atoms with Crippen LogP contribution in [0.4, 0.5) is 5.13 Å². The molecule has 2 aliphatic carbocycles. The Hall–Kier alpha value is -0.980. The lowest BCUT2D eigenvalue weighted by Crippen LogP contribution is -2.48. The quantitative estimate of drug-likeness (QED) is 0.759. The van der Waals surface area contributed by atoms with Gasteiger partial charge in [-0.1, -0.05) is 0 Å². The monoisotopic (exact) mass is 349 g/mol. The van der Waals surface area contributed by atoms with Crippen molar-refractivity contribution in [3.8, 4) is 0 Å². The van der Waals surface area contributed by atoms with Crippen LogP contribution in [-0.4, -0.2) is 55.2 Å². The van der Waals surface area contributed by atoms with Crippen LogP contribution < -0.4 is 4.90 Å². The van der Waals surface area contributed by atoms with Gasteiger partial charge >= 0.3 is 0 Å². The van der Waals surface area contributed by atoms with Crippen molar-refractivity contribution < 1.29 is 9.53 Å². The molecule has 1 saturated heterocycles. The molecule has 0 radical (unpaired) electrons. The van der Waals surface area contributed by atoms with Crippen LogP contribution >= 0.6 is 11.3 Å². The summed E-state index contributed by atoms with van der Waals surface area (Å²) in [7, 11) is 2.11. The Morgan fingerprint density at radius 1 is 1.42 bits per heavy atom. The van der Waals surface area contributed by atoms with Crippen LogP contribution in [0.1, 0.15) is 32.1 Å². The molecule has 3 fully saturated rings. The van der Waals surface area contributed by atoms with Crippen molar-refractivity contribution >= 4 is 22.4 Å². The predicted octanol–water partition coefficient (Wildman–Crippen LogP) is 2.63. The second-order valence-corrected chi connectivity index (χ2v) is 8.49. The number of thiazole rings is 1. The first-order chi connectivity index (χ1) is 11.7. The van der Waals surface area contributed by atoms with Crippen molar-refractivity contribution in [3.05, 3.63) is 11.6 Å². The van der Waals surface area contributed by atoms with E-state index in [4.69, 9.17) is 4.74 Å². The molecule has 1 amide bonds. The van der Waals surface area contributed by atoms with Crippen molar-refractivity contribution in [1.82, 2.24) is 9.88 Å². The van der Waals surface area contributed by atoms with E-state index in [1.165, 1.54) is 25.7 Å². The van der Waals surface area contributed by atoms with E-state index in [-0.39, 0.29) is 12.0 Å². The standard InChI is InChI=1S/C18H27N3O2S/c1-20-7-8-23-15(11-20)12-21(18-19-6-9-24-18)17(22)10-16(13-2-3-13)14-4-5-14/h6,9,13-16H,2-5,7-8,10-12H2,1H3/t15-/m1/s1. The summed E-state index contributed by atoms with van der Waals surface area (Å²) >= 11 is 1.55. The lowest BCUT2D eigenvalue weighted by atomic mass is 9.93. The lowest BCUT2D eigenvalue weighted by molar-refractivity contribution is -0.120. The van der Waals surface area contributed by atoms with Gasteiger partial charge in [-0.15, -0.1) is 11.3 Å². The maximum absolute atomic E-state index is 13.1. The summed E-state index contributed by atoms with van der Waals surface area (Å²) in [6.45, 7) is 3.21. The maximum atomic E-state index is 13.1. The summed E-state index contributed by atoms with van der Waals surface area (Å²) in [5.41, 5.74) is 0. The zero-order valence-corrected chi connectivity index (χ0v) is 15.2. The normalized spacial score (nSPS) is 25.2. The highest BCUT2D eigenvalue weighted by atomic mass is 32.1. The third-order valence-corrected chi connectivity index (χ3v) is 6.34. The highest BCUT2D eigenvalue weighted by Gasteiger charge is 2.43. The molecular formula is C18H27N3O2S. The molecule has 24 heavy (non-hydrogen) atoms. The molecule has 6 heteroatoms. The van der Waals surface area contributed by atoms with Gasteiger partial charge in [-0.25, -0.2) is 4.98 Å². The Balaban J connectivity index is 1.44. The predicted molar refractivity (Wildman–Crippen MR) is 95.3 cm³/mol. The molecule has 0 bridgehead atoms. The number of anilines is 1. The minimum absolute atomic E-state index is 0.0805. The minimum Gasteiger partial charge on any atom is -0.374 e. The number of hydrogen-bond acceptors (Lipinski definition) is 5. The van der Waals surface area contributed by atoms with Crippen molar-refractivity contribution in [2.24, 2.45) is 17.8 Å². The topological polar surface area (TPSA) is 45.7 Å². The summed E-state index contributed by atoms with van der Waals surface area (Å²) in [6, 6.07) is 0. The number of nitrogens with zero attached hydrogens (tertiary/aromatic N) is 3. The second kappa shape index (κ2) is 7.10. The van der Waals surface area contributed by atoms with E-state index in [2.05, 4.69) is 16.9 Å². The largest absolute Gasteiger partial charge is 0.374 e. The fraction of sp³-hybridized carbons (Fsp3) is 0.778. The highest BCUT2D eigenvalue weighted by molar-refractivity contribution is 7.13. The van der Waals surface area contributed by atoms with E-state index >= 15 is 0 Å². The summed E-state index contributed by atoms with van der Waals surface area (Å²) in [5, 5.41) is 2.77. The summed E-state index contributed by atoms with van der Waals surface area (Å²) in [5.74, 6) is 2.45. The Morgan fingerprint density at radius 3 is 2.75 bits per heavy atom. The molecule has 0 spiro atoms. The molecule has 1 atom stereocenters. The van der Waals surface area contributed by atoms with Crippen LogP contribution in [0.5, 0.6) is 0 Å². The average Bonchev–Trinajstić information content (AvgIpc) is 3.50. The van der Waals surface area contributed by atoms with Gasteiger partial charge < -0.3 is 9.64 Å². The molecule has 4 rings (SSSR count). The molecule has 1 aliphatic heterocycles. The summed E-state index contributed by atoms with van der Waals surface area (Å²) in [6.07, 6.45) is 7.84. The first-order valence-corrected chi connectivity index (χ1v) is 10.1. The number of aromatic nitrogens is 1. The number of carbonyl (C=O) groups excluding carboxylic acids is 1.